The Balaban J connectivity index is 1.25. The molecule has 0 unspecified atom stereocenters. The molecule has 0 spiro atoms. The van der Waals surface area contributed by atoms with E-state index in [9.17, 15) is 9.59 Å². The van der Waals surface area contributed by atoms with E-state index in [4.69, 9.17) is 0 Å². The number of anilines is 2. The molecule has 3 amide bonds. The molecule has 3 aromatic rings. The molecular formula is C26H29N5O2. The number of pyridine rings is 1. The van der Waals surface area contributed by atoms with Crippen molar-refractivity contribution in [2.24, 2.45) is 0 Å². The molecule has 0 saturated carbocycles. The van der Waals surface area contributed by atoms with E-state index in [1.165, 1.54) is 11.3 Å². The van der Waals surface area contributed by atoms with Crippen LogP contribution in [0.2, 0.25) is 0 Å². The van der Waals surface area contributed by atoms with Crippen LogP contribution in [0.25, 0.3) is 0 Å². The van der Waals surface area contributed by atoms with E-state index in [0.29, 0.717) is 24.3 Å². The van der Waals surface area contributed by atoms with E-state index in [0.717, 1.165) is 31.6 Å². The summed E-state index contributed by atoms with van der Waals surface area (Å²) in [5, 5.41) is 5.88. The number of hydrogen-bond donors (Lipinski definition) is 2. The normalized spacial score (nSPS) is 13.8. The van der Waals surface area contributed by atoms with E-state index in [2.05, 4.69) is 51.7 Å². The van der Waals surface area contributed by atoms with Crippen LogP contribution in [0.5, 0.6) is 0 Å². The molecule has 4 rings (SSSR count). The summed E-state index contributed by atoms with van der Waals surface area (Å²) >= 11 is 0. The fraction of sp³-hybridized carbons (Fsp3) is 0.269. The highest BCUT2D eigenvalue weighted by Gasteiger charge is 2.19. The monoisotopic (exact) mass is 443 g/mol. The first-order valence-electron chi connectivity index (χ1n) is 11.2. The van der Waals surface area contributed by atoms with Gasteiger partial charge in [0.25, 0.3) is 5.91 Å². The van der Waals surface area contributed by atoms with Gasteiger partial charge in [0.15, 0.2) is 0 Å². The summed E-state index contributed by atoms with van der Waals surface area (Å²) in [5.41, 5.74) is 4.69. The summed E-state index contributed by atoms with van der Waals surface area (Å²) < 4.78 is 0. The topological polar surface area (TPSA) is 77.6 Å². The second-order valence-corrected chi connectivity index (χ2v) is 8.21. The van der Waals surface area contributed by atoms with E-state index < -0.39 is 0 Å². The average molecular weight is 444 g/mol. The quantitative estimate of drug-likeness (QED) is 0.623. The smallest absolute Gasteiger partial charge is 0.317 e. The zero-order chi connectivity index (χ0) is 23.0. The Morgan fingerprint density at radius 3 is 2.33 bits per heavy atom. The number of nitrogens with one attached hydrogen (secondary N) is 2. The average Bonchev–Trinajstić information content (AvgIpc) is 3.11. The number of benzene rings is 2. The number of aromatic nitrogens is 1. The molecule has 7 nitrogen and oxygen atoms in total. The van der Waals surface area contributed by atoms with Gasteiger partial charge in [-0.05, 0) is 55.3 Å². The maximum Gasteiger partial charge on any atom is 0.317 e. The van der Waals surface area contributed by atoms with Gasteiger partial charge in [0.2, 0.25) is 0 Å². The Morgan fingerprint density at radius 1 is 0.879 bits per heavy atom. The summed E-state index contributed by atoms with van der Waals surface area (Å²) in [4.78, 5) is 33.1. The molecule has 33 heavy (non-hydrogen) atoms. The third kappa shape index (κ3) is 6.10. The Hall–Kier alpha value is -3.87. The molecule has 0 radical (unpaired) electrons. The van der Waals surface area contributed by atoms with Crippen molar-refractivity contribution >= 4 is 23.3 Å². The lowest BCUT2D eigenvalue weighted by Gasteiger charge is -2.24. The lowest BCUT2D eigenvalue weighted by atomic mass is 10.2. The molecule has 2 heterocycles. The van der Waals surface area contributed by atoms with E-state index in [-0.39, 0.29) is 11.9 Å². The molecule has 7 heteroatoms. The van der Waals surface area contributed by atoms with Crippen molar-refractivity contribution in [3.05, 3.63) is 89.7 Å². The number of urea groups is 1. The molecule has 0 bridgehead atoms. The van der Waals surface area contributed by atoms with Crippen molar-refractivity contribution in [3.8, 4) is 0 Å². The van der Waals surface area contributed by atoms with Crippen molar-refractivity contribution in [2.45, 2.75) is 19.9 Å². The molecule has 1 aromatic heterocycles. The van der Waals surface area contributed by atoms with E-state index in [1.807, 2.05) is 29.2 Å². The lowest BCUT2D eigenvalue weighted by molar-refractivity contribution is 0.102. The van der Waals surface area contributed by atoms with Crippen LogP contribution >= 0.6 is 0 Å². The minimum Gasteiger partial charge on any atom is -0.370 e. The van der Waals surface area contributed by atoms with Crippen LogP contribution in [0.1, 0.15) is 27.9 Å². The van der Waals surface area contributed by atoms with Crippen molar-refractivity contribution in [1.29, 1.82) is 0 Å². The van der Waals surface area contributed by atoms with Gasteiger partial charge in [-0.25, -0.2) is 4.79 Å². The molecule has 2 aromatic carbocycles. The van der Waals surface area contributed by atoms with Gasteiger partial charge in [-0.3, -0.25) is 9.78 Å². The molecule has 2 N–H and O–H groups in total. The molecule has 170 valence electrons. The van der Waals surface area contributed by atoms with Gasteiger partial charge in [0, 0.05) is 62.1 Å². The van der Waals surface area contributed by atoms with Gasteiger partial charge in [0.1, 0.15) is 0 Å². The van der Waals surface area contributed by atoms with Crippen molar-refractivity contribution < 1.29 is 9.59 Å². The second-order valence-electron chi connectivity index (χ2n) is 8.21. The van der Waals surface area contributed by atoms with Gasteiger partial charge in [-0.2, -0.15) is 0 Å². The van der Waals surface area contributed by atoms with E-state index in [1.54, 1.807) is 24.5 Å². The minimum absolute atomic E-state index is 0.0455. The van der Waals surface area contributed by atoms with Crippen LogP contribution < -0.4 is 15.5 Å². The summed E-state index contributed by atoms with van der Waals surface area (Å²) in [6.45, 7) is 5.73. The van der Waals surface area contributed by atoms with Crippen LogP contribution in [-0.2, 0) is 6.54 Å². The molecule has 1 saturated heterocycles. The number of aryl methyl sites for hydroxylation is 1. The number of carbonyl (C=O) groups is 2. The summed E-state index contributed by atoms with van der Waals surface area (Å²) in [7, 11) is 0. The number of nitrogens with zero attached hydrogens (tertiary/aromatic N) is 3. The van der Waals surface area contributed by atoms with Crippen LogP contribution in [0.3, 0.4) is 0 Å². The predicted octanol–water partition coefficient (Wildman–Crippen LogP) is 4.06. The molecular weight excluding hydrogens is 414 g/mol. The zero-order valence-electron chi connectivity index (χ0n) is 18.8. The van der Waals surface area contributed by atoms with Gasteiger partial charge < -0.3 is 20.4 Å². The van der Waals surface area contributed by atoms with Crippen molar-refractivity contribution in [3.63, 3.8) is 0 Å². The zero-order valence-corrected chi connectivity index (χ0v) is 18.8. The van der Waals surface area contributed by atoms with Crippen LogP contribution in [0.15, 0.2) is 73.1 Å². The first-order valence-corrected chi connectivity index (χ1v) is 11.2. The number of carbonyl (C=O) groups excluding carboxylic acids is 2. The fourth-order valence-electron chi connectivity index (χ4n) is 3.84. The maximum atomic E-state index is 12.7. The molecule has 1 aliphatic heterocycles. The second kappa shape index (κ2) is 10.6. The van der Waals surface area contributed by atoms with Gasteiger partial charge in [-0.1, -0.05) is 29.8 Å². The van der Waals surface area contributed by atoms with Crippen LogP contribution in [-0.4, -0.2) is 48.0 Å². The standard InChI is InChI=1S/C26H29N5O2/c1-20-3-9-24(10-4-20)30-15-2-16-31(18-17-30)26(33)28-19-21-5-7-23(8-6-21)29-25(32)22-11-13-27-14-12-22/h3-14H,2,15-19H2,1H3,(H,28,33)(H,29,32). The molecule has 1 aliphatic rings. The number of hydrogen-bond acceptors (Lipinski definition) is 4. The lowest BCUT2D eigenvalue weighted by Crippen LogP contribution is -2.41. The summed E-state index contributed by atoms with van der Waals surface area (Å²) in [6, 6.07) is 19.3. The highest BCUT2D eigenvalue weighted by Crippen LogP contribution is 2.17. The highest BCUT2D eigenvalue weighted by molar-refractivity contribution is 6.04. The number of amides is 3. The molecule has 1 fully saturated rings. The SMILES string of the molecule is Cc1ccc(N2CCCN(C(=O)NCc3ccc(NC(=O)c4ccncc4)cc3)CC2)cc1. The van der Waals surface area contributed by atoms with Crippen molar-refractivity contribution in [2.75, 3.05) is 36.4 Å². The highest BCUT2D eigenvalue weighted by atomic mass is 16.2. The largest absolute Gasteiger partial charge is 0.370 e. The first kappa shape index (κ1) is 22.3. The Kier molecular flexibility index (Phi) is 7.19. The molecule has 0 aliphatic carbocycles. The minimum atomic E-state index is -0.181. The van der Waals surface area contributed by atoms with Crippen LogP contribution in [0.4, 0.5) is 16.2 Å². The summed E-state index contributed by atoms with van der Waals surface area (Å²) in [6.07, 6.45) is 4.11. The Bertz CT molecular complexity index is 1070. The maximum absolute atomic E-state index is 12.7. The Labute approximate surface area is 194 Å². The molecule has 0 atom stereocenters. The number of rotatable bonds is 5. The predicted molar refractivity (Wildman–Crippen MR) is 130 cm³/mol. The van der Waals surface area contributed by atoms with Crippen LogP contribution in [0, 0.1) is 6.92 Å². The van der Waals surface area contributed by atoms with Gasteiger partial charge in [0.05, 0.1) is 0 Å². The fourth-order valence-corrected chi connectivity index (χ4v) is 3.84. The third-order valence-corrected chi connectivity index (χ3v) is 5.78. The van der Waals surface area contributed by atoms with Gasteiger partial charge in [-0.15, -0.1) is 0 Å². The van der Waals surface area contributed by atoms with E-state index >= 15 is 0 Å². The summed E-state index contributed by atoms with van der Waals surface area (Å²) in [5.74, 6) is -0.181. The van der Waals surface area contributed by atoms with Crippen molar-refractivity contribution in [1.82, 2.24) is 15.2 Å². The Morgan fingerprint density at radius 2 is 1.61 bits per heavy atom. The third-order valence-electron chi connectivity index (χ3n) is 5.78. The van der Waals surface area contributed by atoms with Gasteiger partial charge >= 0.3 is 6.03 Å². The first-order chi connectivity index (χ1) is 16.1.